The Labute approximate surface area is 224 Å². The summed E-state index contributed by atoms with van der Waals surface area (Å²) in [6, 6.07) is 23.3. The van der Waals surface area contributed by atoms with E-state index in [0.29, 0.717) is 16.7 Å². The van der Waals surface area contributed by atoms with Gasteiger partial charge in [0.2, 0.25) is 0 Å². The smallest absolute Gasteiger partial charge is 0.282 e. The van der Waals surface area contributed by atoms with E-state index < -0.39 is 0 Å². The van der Waals surface area contributed by atoms with E-state index in [2.05, 4.69) is 35.8 Å². The van der Waals surface area contributed by atoms with E-state index >= 15 is 0 Å². The van der Waals surface area contributed by atoms with E-state index in [9.17, 15) is 4.79 Å². The van der Waals surface area contributed by atoms with Crippen LogP contribution in [0, 0.1) is 6.92 Å². The van der Waals surface area contributed by atoms with E-state index in [1.165, 1.54) is 4.68 Å². The predicted octanol–water partition coefficient (Wildman–Crippen LogP) is 6.94. The van der Waals surface area contributed by atoms with Gasteiger partial charge in [-0.25, -0.2) is 4.98 Å². The van der Waals surface area contributed by atoms with E-state index in [-0.39, 0.29) is 11.5 Å². The summed E-state index contributed by atoms with van der Waals surface area (Å²) in [7, 11) is 1.68. The topological polar surface area (TPSA) is 61.4 Å². The second-order valence-electron chi connectivity index (χ2n) is 9.16. The lowest BCUT2D eigenvalue weighted by Crippen LogP contribution is -2.21. The summed E-state index contributed by atoms with van der Waals surface area (Å²) in [5.41, 5.74) is 5.06. The number of aryl methyl sites for hydroxylation is 1. The summed E-state index contributed by atoms with van der Waals surface area (Å²) in [4.78, 5) is 18.6. The Bertz CT molecular complexity index is 1700. The van der Waals surface area contributed by atoms with E-state index in [1.54, 1.807) is 19.4 Å². The van der Waals surface area contributed by atoms with Crippen LogP contribution in [0.5, 0.6) is 5.75 Å². The van der Waals surface area contributed by atoms with E-state index in [1.807, 2.05) is 78.4 Å². The molecular weight excluding hydrogens is 528 g/mol. The van der Waals surface area contributed by atoms with Crippen molar-refractivity contribution in [1.29, 1.82) is 0 Å². The molecule has 7 heteroatoms. The van der Waals surface area contributed by atoms with Crippen molar-refractivity contribution in [3.05, 3.63) is 111 Å². The third-order valence-electron chi connectivity index (χ3n) is 6.37. The molecule has 0 spiro atoms. The maximum atomic E-state index is 13.7. The molecule has 2 heterocycles. The molecule has 2 aromatic heterocycles. The molecule has 5 aromatic rings. The van der Waals surface area contributed by atoms with Gasteiger partial charge in [-0.05, 0) is 78.6 Å². The second kappa shape index (κ2) is 10.2. The molecular formula is C30H27BrN4O2. The first-order chi connectivity index (χ1) is 17.9. The van der Waals surface area contributed by atoms with Crippen LogP contribution in [0.15, 0.2) is 93.4 Å². The number of aromatic nitrogens is 3. The highest BCUT2D eigenvalue weighted by Gasteiger charge is 2.18. The molecule has 37 heavy (non-hydrogen) atoms. The van der Waals surface area contributed by atoms with Crippen LogP contribution < -0.4 is 10.3 Å². The van der Waals surface area contributed by atoms with Crippen molar-refractivity contribution >= 4 is 33.0 Å². The van der Waals surface area contributed by atoms with Crippen molar-refractivity contribution in [3.8, 4) is 22.8 Å². The zero-order valence-corrected chi connectivity index (χ0v) is 22.7. The van der Waals surface area contributed by atoms with Crippen molar-refractivity contribution in [2.75, 3.05) is 7.11 Å². The number of nitrogens with zero attached hydrogens (tertiary/aromatic N) is 4. The van der Waals surface area contributed by atoms with Gasteiger partial charge in [-0.1, -0.05) is 48.0 Å². The fourth-order valence-electron chi connectivity index (χ4n) is 4.45. The fourth-order valence-corrected chi connectivity index (χ4v) is 4.84. The first-order valence-corrected chi connectivity index (χ1v) is 12.8. The van der Waals surface area contributed by atoms with Gasteiger partial charge in [0.1, 0.15) is 5.75 Å². The maximum Gasteiger partial charge on any atom is 0.282 e. The number of hydrogen-bond acceptors (Lipinski definition) is 4. The molecule has 5 rings (SSSR count). The van der Waals surface area contributed by atoms with Crippen molar-refractivity contribution in [2.45, 2.75) is 26.7 Å². The average molecular weight is 555 g/mol. The lowest BCUT2D eigenvalue weighted by Gasteiger charge is -2.17. The highest BCUT2D eigenvalue weighted by atomic mass is 79.9. The Morgan fingerprint density at radius 3 is 2.59 bits per heavy atom. The van der Waals surface area contributed by atoms with Crippen LogP contribution in [-0.2, 0) is 0 Å². The van der Waals surface area contributed by atoms with Crippen LogP contribution in [0.2, 0.25) is 0 Å². The molecule has 0 unspecified atom stereocenters. The molecule has 0 aliphatic heterocycles. The summed E-state index contributed by atoms with van der Waals surface area (Å²) >= 11 is 3.54. The number of fused-ring (bicyclic) bond motifs is 1. The summed E-state index contributed by atoms with van der Waals surface area (Å²) < 4.78 is 10.0. The van der Waals surface area contributed by atoms with Gasteiger partial charge in [0.15, 0.2) is 5.82 Å². The SMILES string of the molecule is COc1cc(C)c(-c2nc3ccccc3c(=O)n2N=Cc2cccn2-c2cccc(Br)c2)cc1C(C)C. The number of ether oxygens (including phenoxy) is 1. The van der Waals surface area contributed by atoms with Gasteiger partial charge in [-0.3, -0.25) is 4.79 Å². The lowest BCUT2D eigenvalue weighted by atomic mass is 9.96. The van der Waals surface area contributed by atoms with Gasteiger partial charge < -0.3 is 9.30 Å². The minimum Gasteiger partial charge on any atom is -0.496 e. The number of rotatable bonds is 6. The van der Waals surface area contributed by atoms with Gasteiger partial charge in [0, 0.05) is 21.9 Å². The highest BCUT2D eigenvalue weighted by molar-refractivity contribution is 9.10. The molecule has 0 saturated heterocycles. The standard InChI is InChI=1S/C30H27BrN4O2/c1-19(2)25-17-26(20(3)15-28(25)37-4)29-33-27-13-6-5-12-24(27)30(36)35(29)32-18-23-11-8-14-34(23)22-10-7-9-21(31)16-22/h5-19H,1-4H3. The van der Waals surface area contributed by atoms with Gasteiger partial charge >= 0.3 is 0 Å². The van der Waals surface area contributed by atoms with Crippen molar-refractivity contribution < 1.29 is 4.74 Å². The molecule has 0 bridgehead atoms. The number of halogens is 1. The Hall–Kier alpha value is -3.97. The van der Waals surface area contributed by atoms with Crippen molar-refractivity contribution in [1.82, 2.24) is 14.2 Å². The van der Waals surface area contributed by atoms with Gasteiger partial charge in [0.25, 0.3) is 5.56 Å². The fraction of sp³-hybridized carbons (Fsp3) is 0.167. The molecule has 6 nitrogen and oxygen atoms in total. The van der Waals surface area contributed by atoms with Crippen LogP contribution in [0.1, 0.15) is 36.6 Å². The molecule has 0 radical (unpaired) electrons. The van der Waals surface area contributed by atoms with Crippen molar-refractivity contribution in [2.24, 2.45) is 5.10 Å². The van der Waals surface area contributed by atoms with Gasteiger partial charge in [-0.15, -0.1) is 0 Å². The molecule has 0 N–H and O–H groups in total. The number of benzene rings is 3. The molecule has 186 valence electrons. The van der Waals surface area contributed by atoms with Crippen LogP contribution in [0.3, 0.4) is 0 Å². The summed E-state index contributed by atoms with van der Waals surface area (Å²) in [6.45, 7) is 6.23. The molecule has 0 aliphatic carbocycles. The van der Waals surface area contributed by atoms with Crippen LogP contribution in [0.4, 0.5) is 0 Å². The first kappa shape index (κ1) is 24.7. The van der Waals surface area contributed by atoms with E-state index in [0.717, 1.165) is 38.3 Å². The van der Waals surface area contributed by atoms with E-state index in [4.69, 9.17) is 14.8 Å². The summed E-state index contributed by atoms with van der Waals surface area (Å²) in [5.74, 6) is 1.54. The van der Waals surface area contributed by atoms with Crippen LogP contribution in [0.25, 0.3) is 28.0 Å². The minimum atomic E-state index is -0.223. The predicted molar refractivity (Wildman–Crippen MR) is 153 cm³/mol. The maximum absolute atomic E-state index is 13.7. The molecule has 0 amide bonds. The normalized spacial score (nSPS) is 11.6. The lowest BCUT2D eigenvalue weighted by molar-refractivity contribution is 0.407. The van der Waals surface area contributed by atoms with Gasteiger partial charge in [0.05, 0.1) is 29.9 Å². The third kappa shape index (κ3) is 4.74. The molecule has 0 atom stereocenters. The zero-order valence-electron chi connectivity index (χ0n) is 21.1. The first-order valence-electron chi connectivity index (χ1n) is 12.1. The Balaban J connectivity index is 1.72. The molecule has 0 aliphatic rings. The quantitative estimate of drug-likeness (QED) is 0.213. The average Bonchev–Trinajstić information content (AvgIpc) is 3.36. The molecule has 0 saturated carbocycles. The number of para-hydroxylation sites is 1. The second-order valence-corrected chi connectivity index (χ2v) is 10.1. The largest absolute Gasteiger partial charge is 0.496 e. The zero-order chi connectivity index (χ0) is 26.1. The Morgan fingerprint density at radius 2 is 1.84 bits per heavy atom. The van der Waals surface area contributed by atoms with Crippen LogP contribution in [-0.4, -0.2) is 27.6 Å². The van der Waals surface area contributed by atoms with Gasteiger partial charge in [-0.2, -0.15) is 9.78 Å². The summed E-state index contributed by atoms with van der Waals surface area (Å²) in [5, 5.41) is 5.21. The molecule has 3 aromatic carbocycles. The monoisotopic (exact) mass is 554 g/mol. The highest BCUT2D eigenvalue weighted by Crippen LogP contribution is 2.34. The Kier molecular flexibility index (Phi) is 6.80. The van der Waals surface area contributed by atoms with Crippen molar-refractivity contribution in [3.63, 3.8) is 0 Å². The number of methoxy groups -OCH3 is 1. The minimum absolute atomic E-state index is 0.223. The number of hydrogen-bond donors (Lipinski definition) is 0. The molecule has 0 fully saturated rings. The summed E-state index contributed by atoms with van der Waals surface area (Å²) in [6.07, 6.45) is 3.67. The Morgan fingerprint density at radius 1 is 1.03 bits per heavy atom. The van der Waals surface area contributed by atoms with Crippen LogP contribution >= 0.6 is 15.9 Å². The third-order valence-corrected chi connectivity index (χ3v) is 6.86.